The van der Waals surface area contributed by atoms with Gasteiger partial charge in [0.25, 0.3) is 0 Å². The second kappa shape index (κ2) is 8.66. The highest BCUT2D eigenvalue weighted by Crippen LogP contribution is 2.24. The van der Waals surface area contributed by atoms with Crippen LogP contribution >= 0.6 is 0 Å². The molecule has 2 fully saturated rings. The lowest BCUT2D eigenvalue weighted by atomic mass is 9.88. The van der Waals surface area contributed by atoms with Gasteiger partial charge in [-0.1, -0.05) is 19.3 Å². The number of imidazole rings is 1. The minimum absolute atomic E-state index is 0.0579. The van der Waals surface area contributed by atoms with Gasteiger partial charge in [0.1, 0.15) is 11.9 Å². The number of carbonyl (C=O) groups excluding carboxylic acids is 2. The van der Waals surface area contributed by atoms with E-state index in [0.717, 1.165) is 38.1 Å². The molecule has 1 aliphatic heterocycles. The molecule has 1 saturated heterocycles. The lowest BCUT2D eigenvalue weighted by Gasteiger charge is -2.36. The number of hydrogen-bond donors (Lipinski definition) is 2. The molecule has 2 amide bonds. The maximum absolute atomic E-state index is 12.9. The van der Waals surface area contributed by atoms with Gasteiger partial charge in [0, 0.05) is 57.5 Å². The molecule has 144 valence electrons. The van der Waals surface area contributed by atoms with E-state index in [4.69, 9.17) is 0 Å². The largest absolute Gasteiger partial charge is 0.353 e. The Morgan fingerprint density at radius 3 is 2.81 bits per heavy atom. The molecule has 0 radical (unpaired) electrons. The third kappa shape index (κ3) is 4.44. The van der Waals surface area contributed by atoms with Gasteiger partial charge in [0.15, 0.2) is 0 Å². The molecule has 3 rings (SSSR count). The van der Waals surface area contributed by atoms with Gasteiger partial charge in [0.05, 0.1) is 0 Å². The Balaban J connectivity index is 1.57. The molecule has 2 aliphatic rings. The summed E-state index contributed by atoms with van der Waals surface area (Å²) < 4.78 is 1.96. The van der Waals surface area contributed by atoms with Gasteiger partial charge in [-0.3, -0.25) is 9.59 Å². The minimum Gasteiger partial charge on any atom is -0.353 e. The second-order valence-electron chi connectivity index (χ2n) is 7.65. The van der Waals surface area contributed by atoms with E-state index in [0.29, 0.717) is 19.5 Å². The van der Waals surface area contributed by atoms with Crippen molar-refractivity contribution in [3.05, 3.63) is 18.2 Å². The number of hydrogen-bond acceptors (Lipinski definition) is 4. The first-order valence-corrected chi connectivity index (χ1v) is 9.84. The summed E-state index contributed by atoms with van der Waals surface area (Å²) in [4.78, 5) is 31.6. The molecule has 2 heterocycles. The van der Waals surface area contributed by atoms with E-state index < -0.39 is 0 Å². The van der Waals surface area contributed by atoms with Crippen molar-refractivity contribution >= 4 is 11.8 Å². The Bertz CT molecular complexity index is 623. The van der Waals surface area contributed by atoms with Crippen molar-refractivity contribution in [1.82, 2.24) is 25.1 Å². The van der Waals surface area contributed by atoms with Crippen molar-refractivity contribution in [3.63, 3.8) is 0 Å². The van der Waals surface area contributed by atoms with Gasteiger partial charge in [-0.05, 0) is 19.8 Å². The van der Waals surface area contributed by atoms with Crippen LogP contribution in [0.15, 0.2) is 12.4 Å². The molecule has 2 atom stereocenters. The van der Waals surface area contributed by atoms with Crippen molar-refractivity contribution in [3.8, 4) is 0 Å². The lowest BCUT2D eigenvalue weighted by molar-refractivity contribution is -0.135. The number of aromatic nitrogens is 2. The maximum Gasteiger partial charge on any atom is 0.225 e. The number of amides is 2. The highest BCUT2D eigenvalue weighted by molar-refractivity contribution is 5.81. The molecule has 7 nitrogen and oxygen atoms in total. The van der Waals surface area contributed by atoms with Crippen LogP contribution in [-0.4, -0.2) is 51.9 Å². The SMILES string of the molecule is CC(CC(=O)N1CCNCC1c1nccn1C)NC(=O)C1CCCCC1. The molecule has 1 aromatic heterocycles. The first-order chi connectivity index (χ1) is 12.6. The molecule has 0 aromatic carbocycles. The van der Waals surface area contributed by atoms with E-state index in [1.54, 1.807) is 6.20 Å². The molecule has 2 N–H and O–H groups in total. The second-order valence-corrected chi connectivity index (χ2v) is 7.65. The fourth-order valence-electron chi connectivity index (χ4n) is 4.09. The molecule has 1 saturated carbocycles. The first kappa shape index (κ1) is 18.9. The van der Waals surface area contributed by atoms with Crippen LogP contribution in [0, 0.1) is 5.92 Å². The van der Waals surface area contributed by atoms with Gasteiger partial charge in [-0.25, -0.2) is 4.98 Å². The van der Waals surface area contributed by atoms with Gasteiger partial charge in [-0.2, -0.15) is 0 Å². The van der Waals surface area contributed by atoms with Crippen LogP contribution in [0.2, 0.25) is 0 Å². The highest BCUT2D eigenvalue weighted by Gasteiger charge is 2.31. The molecule has 2 unspecified atom stereocenters. The molecule has 26 heavy (non-hydrogen) atoms. The number of aryl methyl sites for hydroxylation is 1. The van der Waals surface area contributed by atoms with Crippen LogP contribution in [0.3, 0.4) is 0 Å². The summed E-state index contributed by atoms with van der Waals surface area (Å²) >= 11 is 0. The molecule has 0 spiro atoms. The van der Waals surface area contributed by atoms with Crippen molar-refractivity contribution in [2.75, 3.05) is 19.6 Å². The van der Waals surface area contributed by atoms with Gasteiger partial charge in [0.2, 0.25) is 11.8 Å². The Hall–Kier alpha value is -1.89. The summed E-state index contributed by atoms with van der Waals surface area (Å²) in [6.45, 7) is 4.09. The standard InChI is InChI=1S/C19H31N5O2/c1-14(22-19(26)15-6-4-3-5-7-15)12-17(25)24-11-8-20-13-16(24)18-21-9-10-23(18)2/h9-10,14-16,20H,3-8,11-13H2,1-2H3,(H,22,26). The number of nitrogens with one attached hydrogen (secondary N) is 2. The number of piperazine rings is 1. The van der Waals surface area contributed by atoms with Crippen LogP contribution in [-0.2, 0) is 16.6 Å². The fraction of sp³-hybridized carbons (Fsp3) is 0.737. The molecule has 1 aromatic rings. The third-order valence-electron chi connectivity index (χ3n) is 5.57. The smallest absolute Gasteiger partial charge is 0.225 e. The summed E-state index contributed by atoms with van der Waals surface area (Å²) in [5.41, 5.74) is 0. The Labute approximate surface area is 155 Å². The van der Waals surface area contributed by atoms with E-state index in [1.807, 2.05) is 29.6 Å². The van der Waals surface area contributed by atoms with E-state index >= 15 is 0 Å². The Morgan fingerprint density at radius 2 is 2.12 bits per heavy atom. The van der Waals surface area contributed by atoms with Crippen LogP contribution < -0.4 is 10.6 Å². The zero-order chi connectivity index (χ0) is 18.5. The average molecular weight is 361 g/mol. The van der Waals surface area contributed by atoms with Crippen molar-refractivity contribution < 1.29 is 9.59 Å². The normalized spacial score (nSPS) is 22.8. The van der Waals surface area contributed by atoms with Gasteiger partial charge < -0.3 is 20.1 Å². The summed E-state index contributed by atoms with van der Waals surface area (Å²) in [6.07, 6.45) is 9.46. The van der Waals surface area contributed by atoms with E-state index in [2.05, 4.69) is 15.6 Å². The van der Waals surface area contributed by atoms with Crippen molar-refractivity contribution in [2.45, 2.75) is 57.5 Å². The van der Waals surface area contributed by atoms with Gasteiger partial charge in [-0.15, -0.1) is 0 Å². The molecular formula is C19H31N5O2. The predicted molar refractivity (Wildman–Crippen MR) is 99.3 cm³/mol. The molecule has 0 bridgehead atoms. The van der Waals surface area contributed by atoms with E-state index in [9.17, 15) is 9.59 Å². The maximum atomic E-state index is 12.9. The topological polar surface area (TPSA) is 79.3 Å². The van der Waals surface area contributed by atoms with Crippen LogP contribution in [0.25, 0.3) is 0 Å². The van der Waals surface area contributed by atoms with Gasteiger partial charge >= 0.3 is 0 Å². The minimum atomic E-state index is -0.145. The van der Waals surface area contributed by atoms with Crippen LogP contribution in [0.1, 0.15) is 57.3 Å². The number of carbonyl (C=O) groups is 2. The van der Waals surface area contributed by atoms with Crippen LogP contribution in [0.4, 0.5) is 0 Å². The summed E-state index contributed by atoms with van der Waals surface area (Å²) in [5.74, 6) is 1.21. The monoisotopic (exact) mass is 361 g/mol. The van der Waals surface area contributed by atoms with E-state index in [-0.39, 0.29) is 29.8 Å². The third-order valence-corrected chi connectivity index (χ3v) is 5.57. The van der Waals surface area contributed by atoms with E-state index in [1.165, 1.54) is 6.42 Å². The quantitative estimate of drug-likeness (QED) is 0.830. The predicted octanol–water partition coefficient (Wildman–Crippen LogP) is 1.37. The summed E-state index contributed by atoms with van der Waals surface area (Å²) in [7, 11) is 1.95. The Kier molecular flexibility index (Phi) is 6.29. The zero-order valence-electron chi connectivity index (χ0n) is 15.9. The average Bonchev–Trinajstić information content (AvgIpc) is 3.08. The molecule has 1 aliphatic carbocycles. The fourth-order valence-corrected chi connectivity index (χ4v) is 4.09. The number of nitrogens with zero attached hydrogens (tertiary/aromatic N) is 3. The number of rotatable bonds is 5. The molecular weight excluding hydrogens is 330 g/mol. The van der Waals surface area contributed by atoms with Crippen molar-refractivity contribution in [1.29, 1.82) is 0 Å². The Morgan fingerprint density at radius 1 is 1.35 bits per heavy atom. The summed E-state index contributed by atoms with van der Waals surface area (Å²) in [5, 5.41) is 6.40. The lowest BCUT2D eigenvalue weighted by Crippen LogP contribution is -2.51. The van der Waals surface area contributed by atoms with Crippen LogP contribution in [0.5, 0.6) is 0 Å². The van der Waals surface area contributed by atoms with Crippen molar-refractivity contribution in [2.24, 2.45) is 13.0 Å². The zero-order valence-corrected chi connectivity index (χ0v) is 15.9. The first-order valence-electron chi connectivity index (χ1n) is 9.84. The highest BCUT2D eigenvalue weighted by atomic mass is 16.2. The summed E-state index contributed by atoms with van der Waals surface area (Å²) in [6, 6.07) is -0.202. The molecule has 7 heteroatoms.